The van der Waals surface area contributed by atoms with E-state index in [1.165, 1.54) is 28.4 Å². The first-order valence-corrected chi connectivity index (χ1v) is 11.8. The highest BCUT2D eigenvalue weighted by Gasteiger charge is 2.18. The number of likely N-dealkylation sites (N-methyl/N-ethyl adjacent to an activating group) is 1. The van der Waals surface area contributed by atoms with Crippen LogP contribution < -0.4 is 9.46 Å². The van der Waals surface area contributed by atoms with Crippen LogP contribution in [0.15, 0.2) is 70.9 Å². The summed E-state index contributed by atoms with van der Waals surface area (Å²) in [6, 6.07) is 17.5. The van der Waals surface area contributed by atoms with Crippen LogP contribution in [-0.2, 0) is 16.6 Å². The van der Waals surface area contributed by atoms with Gasteiger partial charge in [-0.25, -0.2) is 13.1 Å². The van der Waals surface area contributed by atoms with Crippen molar-refractivity contribution in [3.63, 3.8) is 0 Å². The molecule has 0 bridgehead atoms. The third-order valence-electron chi connectivity index (χ3n) is 4.53. The molecular weight excluding hydrogens is 420 g/mol. The van der Waals surface area contributed by atoms with Gasteiger partial charge in [0, 0.05) is 24.0 Å². The van der Waals surface area contributed by atoms with Crippen LogP contribution in [0, 0.1) is 6.92 Å². The number of amides is 1. The standard InChI is InChI=1S/C22H24N2O4S2/c1-17-7-3-4-11-21(17)28-13-12-24(2)22(25)18-8-5-10-20(15-18)30(26,27)23-16-19-9-6-14-29-19/h3-11,14-15,23H,12-13,16H2,1-2H3. The van der Waals surface area contributed by atoms with Gasteiger partial charge in [-0.1, -0.05) is 30.3 Å². The molecule has 1 amide bonds. The van der Waals surface area contributed by atoms with Crippen molar-refractivity contribution in [3.05, 3.63) is 82.0 Å². The van der Waals surface area contributed by atoms with Crippen LogP contribution in [0.4, 0.5) is 0 Å². The highest BCUT2D eigenvalue weighted by molar-refractivity contribution is 7.89. The molecule has 0 spiro atoms. The highest BCUT2D eigenvalue weighted by atomic mass is 32.2. The number of hydrogen-bond donors (Lipinski definition) is 1. The topological polar surface area (TPSA) is 75.7 Å². The number of sulfonamides is 1. The molecule has 0 saturated carbocycles. The zero-order valence-electron chi connectivity index (χ0n) is 16.9. The van der Waals surface area contributed by atoms with Gasteiger partial charge in [0.2, 0.25) is 10.0 Å². The van der Waals surface area contributed by atoms with E-state index in [2.05, 4.69) is 4.72 Å². The Morgan fingerprint density at radius 3 is 2.63 bits per heavy atom. The van der Waals surface area contributed by atoms with E-state index in [0.717, 1.165) is 16.2 Å². The third kappa shape index (κ3) is 5.69. The molecule has 0 saturated heterocycles. The minimum Gasteiger partial charge on any atom is -0.491 e. The number of carbonyl (C=O) groups is 1. The molecule has 2 aromatic carbocycles. The molecule has 158 valence electrons. The van der Waals surface area contributed by atoms with Gasteiger partial charge in [-0.2, -0.15) is 0 Å². The Balaban J connectivity index is 1.61. The fraction of sp³-hybridized carbons (Fsp3) is 0.227. The van der Waals surface area contributed by atoms with E-state index in [-0.39, 0.29) is 17.3 Å². The Bertz CT molecular complexity index is 1100. The molecule has 0 unspecified atom stereocenters. The average molecular weight is 445 g/mol. The quantitative estimate of drug-likeness (QED) is 0.546. The normalized spacial score (nSPS) is 11.3. The summed E-state index contributed by atoms with van der Waals surface area (Å²) < 4.78 is 33.5. The first-order valence-electron chi connectivity index (χ1n) is 9.43. The van der Waals surface area contributed by atoms with Crippen LogP contribution in [0.5, 0.6) is 5.75 Å². The summed E-state index contributed by atoms with van der Waals surface area (Å²) in [6.45, 7) is 2.89. The molecule has 1 N–H and O–H groups in total. The van der Waals surface area contributed by atoms with E-state index >= 15 is 0 Å². The zero-order valence-corrected chi connectivity index (χ0v) is 18.5. The monoisotopic (exact) mass is 444 g/mol. The van der Waals surface area contributed by atoms with E-state index in [1.807, 2.05) is 48.7 Å². The van der Waals surface area contributed by atoms with Crippen molar-refractivity contribution in [2.75, 3.05) is 20.2 Å². The van der Waals surface area contributed by atoms with E-state index in [0.29, 0.717) is 18.7 Å². The lowest BCUT2D eigenvalue weighted by Gasteiger charge is -2.18. The molecule has 1 heterocycles. The Labute approximate surface area is 181 Å². The minimum absolute atomic E-state index is 0.0643. The van der Waals surface area contributed by atoms with Crippen molar-refractivity contribution in [3.8, 4) is 5.75 Å². The van der Waals surface area contributed by atoms with Crippen LogP contribution in [0.2, 0.25) is 0 Å². The second-order valence-electron chi connectivity index (χ2n) is 6.77. The predicted octanol–water partition coefficient (Wildman–Crippen LogP) is 3.69. The van der Waals surface area contributed by atoms with Crippen LogP contribution >= 0.6 is 11.3 Å². The van der Waals surface area contributed by atoms with E-state index in [4.69, 9.17) is 4.74 Å². The van der Waals surface area contributed by atoms with E-state index in [1.54, 1.807) is 19.2 Å². The van der Waals surface area contributed by atoms with Gasteiger partial charge in [0.15, 0.2) is 0 Å². The van der Waals surface area contributed by atoms with Crippen LogP contribution in [0.1, 0.15) is 20.8 Å². The van der Waals surface area contributed by atoms with Crippen molar-refractivity contribution in [2.45, 2.75) is 18.4 Å². The number of ether oxygens (including phenoxy) is 1. The second-order valence-corrected chi connectivity index (χ2v) is 9.57. The van der Waals surface area contributed by atoms with Gasteiger partial charge >= 0.3 is 0 Å². The maximum Gasteiger partial charge on any atom is 0.253 e. The lowest BCUT2D eigenvalue weighted by atomic mass is 10.2. The molecule has 8 heteroatoms. The predicted molar refractivity (Wildman–Crippen MR) is 118 cm³/mol. The fourth-order valence-electron chi connectivity index (χ4n) is 2.79. The van der Waals surface area contributed by atoms with Crippen molar-refractivity contribution >= 4 is 27.3 Å². The fourth-order valence-corrected chi connectivity index (χ4v) is 4.58. The molecule has 3 aromatic rings. The van der Waals surface area contributed by atoms with E-state index < -0.39 is 10.0 Å². The van der Waals surface area contributed by atoms with Gasteiger partial charge in [0.1, 0.15) is 12.4 Å². The largest absolute Gasteiger partial charge is 0.491 e. The van der Waals surface area contributed by atoms with Crippen molar-refractivity contribution in [1.29, 1.82) is 0 Å². The maximum atomic E-state index is 12.7. The number of hydrogen-bond acceptors (Lipinski definition) is 5. The molecule has 6 nitrogen and oxygen atoms in total. The second kappa shape index (κ2) is 9.88. The van der Waals surface area contributed by atoms with Crippen LogP contribution in [0.3, 0.4) is 0 Å². The molecule has 0 aliphatic carbocycles. The smallest absolute Gasteiger partial charge is 0.253 e. The molecule has 3 rings (SSSR count). The summed E-state index contributed by atoms with van der Waals surface area (Å²) >= 11 is 1.48. The van der Waals surface area contributed by atoms with E-state index in [9.17, 15) is 13.2 Å². The number of rotatable bonds is 9. The lowest BCUT2D eigenvalue weighted by Crippen LogP contribution is -2.31. The number of para-hydroxylation sites is 1. The first-order chi connectivity index (χ1) is 14.4. The molecule has 0 aliphatic heterocycles. The number of thiophene rings is 1. The highest BCUT2D eigenvalue weighted by Crippen LogP contribution is 2.17. The van der Waals surface area contributed by atoms with Gasteiger partial charge in [-0.05, 0) is 48.2 Å². The molecule has 0 aliphatic rings. The summed E-state index contributed by atoms with van der Waals surface area (Å²) in [5, 5.41) is 1.89. The molecule has 30 heavy (non-hydrogen) atoms. The average Bonchev–Trinajstić information content (AvgIpc) is 3.27. The van der Waals surface area contributed by atoms with Crippen molar-refractivity contribution < 1.29 is 17.9 Å². The summed E-state index contributed by atoms with van der Waals surface area (Å²) in [5.74, 6) is 0.516. The molecule has 0 atom stereocenters. The Hall–Kier alpha value is -2.68. The van der Waals surface area contributed by atoms with Gasteiger partial charge < -0.3 is 9.64 Å². The number of nitrogens with zero attached hydrogens (tertiary/aromatic N) is 1. The zero-order chi connectivity index (χ0) is 21.6. The Morgan fingerprint density at radius 1 is 1.10 bits per heavy atom. The maximum absolute atomic E-state index is 12.7. The van der Waals surface area contributed by atoms with Crippen molar-refractivity contribution in [2.24, 2.45) is 0 Å². The third-order valence-corrected chi connectivity index (χ3v) is 6.81. The summed E-state index contributed by atoms with van der Waals surface area (Å²) in [7, 11) is -2.05. The molecule has 0 fully saturated rings. The minimum atomic E-state index is -3.71. The van der Waals surface area contributed by atoms with Gasteiger partial charge in [0.05, 0.1) is 11.4 Å². The van der Waals surface area contributed by atoms with Crippen molar-refractivity contribution in [1.82, 2.24) is 9.62 Å². The SMILES string of the molecule is Cc1ccccc1OCCN(C)C(=O)c1cccc(S(=O)(=O)NCc2cccs2)c1. The summed E-state index contributed by atoms with van der Waals surface area (Å²) in [5.41, 5.74) is 1.34. The number of nitrogens with one attached hydrogen (secondary N) is 1. The number of carbonyl (C=O) groups excluding carboxylic acids is 1. The Morgan fingerprint density at radius 2 is 1.90 bits per heavy atom. The molecular formula is C22H24N2O4S2. The van der Waals surface area contributed by atoms with Gasteiger partial charge in [-0.3, -0.25) is 4.79 Å². The number of benzene rings is 2. The summed E-state index contributed by atoms with van der Waals surface area (Å²) in [4.78, 5) is 15.2. The lowest BCUT2D eigenvalue weighted by molar-refractivity contribution is 0.0773. The number of aryl methyl sites for hydroxylation is 1. The van der Waals surface area contributed by atoms with Gasteiger partial charge in [-0.15, -0.1) is 11.3 Å². The van der Waals surface area contributed by atoms with Crippen LogP contribution in [0.25, 0.3) is 0 Å². The summed E-state index contributed by atoms with van der Waals surface area (Å²) in [6.07, 6.45) is 0. The van der Waals surface area contributed by atoms with Gasteiger partial charge in [0.25, 0.3) is 5.91 Å². The molecule has 1 aromatic heterocycles. The first kappa shape index (κ1) is 22.0. The Kier molecular flexibility index (Phi) is 7.25. The van der Waals surface area contributed by atoms with Crippen LogP contribution in [-0.4, -0.2) is 39.4 Å². The molecule has 0 radical (unpaired) electrons.